The van der Waals surface area contributed by atoms with Gasteiger partial charge in [-0.1, -0.05) is 18.2 Å². The van der Waals surface area contributed by atoms with Crippen LogP contribution >= 0.6 is 0 Å². The number of esters is 1. The molecule has 0 unspecified atom stereocenters. The third-order valence-electron chi connectivity index (χ3n) is 2.45. The molecule has 2 rings (SSSR count). The van der Waals surface area contributed by atoms with Gasteiger partial charge in [-0.25, -0.2) is 0 Å². The van der Waals surface area contributed by atoms with Crippen LogP contribution in [0.4, 0.5) is 0 Å². The molecule has 1 aromatic heterocycles. The number of carbonyl (C=O) groups excluding carboxylic acids is 1. The Hall–Kier alpha value is -1.90. The lowest BCUT2D eigenvalue weighted by atomic mass is 10.1. The number of fused-ring (bicyclic) bond motifs is 1. The van der Waals surface area contributed by atoms with Crippen LogP contribution < -0.4 is 0 Å². The molecule has 0 spiro atoms. The van der Waals surface area contributed by atoms with Gasteiger partial charge in [0, 0.05) is 23.6 Å². The maximum absolute atomic E-state index is 10.7. The Morgan fingerprint density at radius 3 is 2.88 bits per heavy atom. The highest BCUT2D eigenvalue weighted by Crippen LogP contribution is 2.16. The Kier molecular flexibility index (Phi) is 2.86. The molecule has 3 heteroatoms. The van der Waals surface area contributed by atoms with E-state index >= 15 is 0 Å². The molecule has 1 aromatic carbocycles. The number of hydrogen-bond donors (Lipinski definition) is 0. The van der Waals surface area contributed by atoms with E-state index in [1.54, 1.807) is 0 Å². The van der Waals surface area contributed by atoms with Crippen molar-refractivity contribution in [2.24, 2.45) is 0 Å². The Bertz CT molecular complexity index is 534. The molecule has 0 aliphatic rings. The number of carbonyl (C=O) groups is 1. The van der Waals surface area contributed by atoms with Crippen molar-refractivity contribution in [3.05, 3.63) is 41.6 Å². The largest absolute Gasteiger partial charge is 0.461 e. The van der Waals surface area contributed by atoms with Crippen molar-refractivity contribution < 1.29 is 9.53 Å². The molecular formula is C13H13NO2. The average Bonchev–Trinajstić information content (AvgIpc) is 2.26. The highest BCUT2D eigenvalue weighted by molar-refractivity contribution is 5.79. The summed E-state index contributed by atoms with van der Waals surface area (Å²) in [6, 6.07) is 9.91. The Morgan fingerprint density at radius 1 is 1.38 bits per heavy atom. The number of rotatable bonds is 2. The van der Waals surface area contributed by atoms with E-state index in [0.29, 0.717) is 6.61 Å². The zero-order valence-electron chi connectivity index (χ0n) is 9.36. The van der Waals surface area contributed by atoms with Gasteiger partial charge >= 0.3 is 5.97 Å². The van der Waals surface area contributed by atoms with Crippen LogP contribution in [0.1, 0.15) is 18.2 Å². The molecule has 0 aliphatic carbocycles. The first kappa shape index (κ1) is 10.6. The van der Waals surface area contributed by atoms with Crippen molar-refractivity contribution in [3.63, 3.8) is 0 Å². The number of ether oxygens (including phenoxy) is 1. The number of hydrogen-bond acceptors (Lipinski definition) is 3. The molecule has 0 aliphatic heterocycles. The van der Waals surface area contributed by atoms with Crippen LogP contribution in [-0.4, -0.2) is 11.0 Å². The summed E-state index contributed by atoms with van der Waals surface area (Å²) in [5, 5.41) is 1.07. The van der Waals surface area contributed by atoms with Gasteiger partial charge in [0.25, 0.3) is 0 Å². The summed E-state index contributed by atoms with van der Waals surface area (Å²) in [6.07, 6.45) is 0. The van der Waals surface area contributed by atoms with E-state index in [1.807, 2.05) is 37.3 Å². The Balaban J connectivity index is 2.38. The van der Waals surface area contributed by atoms with E-state index in [1.165, 1.54) is 6.92 Å². The fourth-order valence-electron chi connectivity index (χ4n) is 1.58. The highest BCUT2D eigenvalue weighted by Gasteiger charge is 2.04. The van der Waals surface area contributed by atoms with Crippen LogP contribution in [-0.2, 0) is 16.1 Å². The minimum Gasteiger partial charge on any atom is -0.461 e. The van der Waals surface area contributed by atoms with E-state index in [9.17, 15) is 4.79 Å². The van der Waals surface area contributed by atoms with E-state index in [0.717, 1.165) is 22.2 Å². The highest BCUT2D eigenvalue weighted by atomic mass is 16.5. The monoisotopic (exact) mass is 215 g/mol. The molecule has 0 fully saturated rings. The van der Waals surface area contributed by atoms with Crippen LogP contribution in [0, 0.1) is 6.92 Å². The van der Waals surface area contributed by atoms with E-state index < -0.39 is 0 Å². The van der Waals surface area contributed by atoms with Gasteiger partial charge in [0.15, 0.2) is 0 Å². The van der Waals surface area contributed by atoms with Gasteiger partial charge in [-0.2, -0.15) is 0 Å². The van der Waals surface area contributed by atoms with E-state index in [2.05, 4.69) is 4.98 Å². The second-order valence-electron chi connectivity index (χ2n) is 3.71. The van der Waals surface area contributed by atoms with Gasteiger partial charge in [0.2, 0.25) is 0 Å². The van der Waals surface area contributed by atoms with Crippen LogP contribution in [0.5, 0.6) is 0 Å². The standard InChI is InChI=1S/C13H13NO2/c1-9-12(8-16-10(2)15)7-11-5-3-4-6-13(11)14-9/h3-7H,8H2,1-2H3. The van der Waals surface area contributed by atoms with Crippen LogP contribution in [0.2, 0.25) is 0 Å². The third kappa shape index (κ3) is 2.19. The summed E-state index contributed by atoms with van der Waals surface area (Å²) in [6.45, 7) is 3.62. The molecular weight excluding hydrogens is 202 g/mol. The average molecular weight is 215 g/mol. The summed E-state index contributed by atoms with van der Waals surface area (Å²) in [4.78, 5) is 15.2. The van der Waals surface area contributed by atoms with Crippen molar-refractivity contribution in [1.29, 1.82) is 0 Å². The Labute approximate surface area is 94.1 Å². The smallest absolute Gasteiger partial charge is 0.302 e. The normalized spacial score (nSPS) is 10.4. The molecule has 1 heterocycles. The molecule has 0 amide bonds. The summed E-state index contributed by atoms with van der Waals surface area (Å²) in [5.74, 6) is -0.271. The topological polar surface area (TPSA) is 39.2 Å². The lowest BCUT2D eigenvalue weighted by molar-refractivity contribution is -0.142. The number of para-hydroxylation sites is 1. The van der Waals surface area contributed by atoms with Crippen LogP contribution in [0.25, 0.3) is 10.9 Å². The molecule has 0 atom stereocenters. The van der Waals surface area contributed by atoms with Crippen molar-refractivity contribution in [3.8, 4) is 0 Å². The number of aromatic nitrogens is 1. The fourth-order valence-corrected chi connectivity index (χ4v) is 1.58. The quantitative estimate of drug-likeness (QED) is 0.723. The molecule has 0 radical (unpaired) electrons. The van der Waals surface area contributed by atoms with Gasteiger partial charge < -0.3 is 4.74 Å². The van der Waals surface area contributed by atoms with Gasteiger partial charge in [0.05, 0.1) is 5.52 Å². The minimum atomic E-state index is -0.271. The van der Waals surface area contributed by atoms with Gasteiger partial charge in [-0.3, -0.25) is 9.78 Å². The van der Waals surface area contributed by atoms with Gasteiger partial charge in [-0.05, 0) is 19.1 Å². The maximum atomic E-state index is 10.7. The molecule has 0 bridgehead atoms. The molecule has 3 nitrogen and oxygen atoms in total. The lowest BCUT2D eigenvalue weighted by Gasteiger charge is -2.07. The summed E-state index contributed by atoms with van der Waals surface area (Å²) >= 11 is 0. The first-order valence-corrected chi connectivity index (χ1v) is 5.15. The Morgan fingerprint density at radius 2 is 2.12 bits per heavy atom. The predicted molar refractivity (Wildman–Crippen MR) is 62.0 cm³/mol. The third-order valence-corrected chi connectivity index (χ3v) is 2.45. The van der Waals surface area contributed by atoms with E-state index in [4.69, 9.17) is 4.74 Å². The zero-order chi connectivity index (χ0) is 11.5. The maximum Gasteiger partial charge on any atom is 0.302 e. The number of benzene rings is 1. The SMILES string of the molecule is CC(=O)OCc1cc2ccccc2nc1C. The summed E-state index contributed by atoms with van der Waals surface area (Å²) in [5.41, 5.74) is 2.82. The molecule has 0 N–H and O–H groups in total. The predicted octanol–water partition coefficient (Wildman–Crippen LogP) is 2.61. The molecule has 0 saturated heterocycles. The van der Waals surface area contributed by atoms with Crippen molar-refractivity contribution in [2.75, 3.05) is 0 Å². The molecule has 16 heavy (non-hydrogen) atoms. The second-order valence-corrected chi connectivity index (χ2v) is 3.71. The molecule has 82 valence electrons. The fraction of sp³-hybridized carbons (Fsp3) is 0.231. The van der Waals surface area contributed by atoms with Crippen LogP contribution in [0.3, 0.4) is 0 Å². The summed E-state index contributed by atoms with van der Waals surface area (Å²) < 4.78 is 4.98. The number of aryl methyl sites for hydroxylation is 1. The minimum absolute atomic E-state index is 0.271. The summed E-state index contributed by atoms with van der Waals surface area (Å²) in [7, 11) is 0. The van der Waals surface area contributed by atoms with Crippen molar-refractivity contribution in [1.82, 2.24) is 4.98 Å². The van der Waals surface area contributed by atoms with Crippen LogP contribution in [0.15, 0.2) is 30.3 Å². The molecule has 0 saturated carbocycles. The number of nitrogens with zero attached hydrogens (tertiary/aromatic N) is 1. The van der Waals surface area contributed by atoms with Gasteiger partial charge in [0.1, 0.15) is 6.61 Å². The lowest BCUT2D eigenvalue weighted by Crippen LogP contribution is -2.01. The number of pyridine rings is 1. The van der Waals surface area contributed by atoms with Gasteiger partial charge in [-0.15, -0.1) is 0 Å². The second kappa shape index (κ2) is 4.31. The zero-order valence-corrected chi connectivity index (χ0v) is 9.36. The molecule has 2 aromatic rings. The first-order valence-electron chi connectivity index (χ1n) is 5.15. The van der Waals surface area contributed by atoms with Crippen molar-refractivity contribution in [2.45, 2.75) is 20.5 Å². The first-order chi connectivity index (χ1) is 7.66. The van der Waals surface area contributed by atoms with E-state index in [-0.39, 0.29) is 5.97 Å². The van der Waals surface area contributed by atoms with Crippen molar-refractivity contribution >= 4 is 16.9 Å².